The molecule has 0 amide bonds. The Morgan fingerprint density at radius 3 is 3.00 bits per heavy atom. The highest BCUT2D eigenvalue weighted by atomic mass is 19.3. The van der Waals surface area contributed by atoms with Crippen LogP contribution in [0.4, 0.5) is 8.78 Å². The number of fused-ring (bicyclic) bond motifs is 1. The largest absolute Gasteiger partial charge is 0.476 e. The van der Waals surface area contributed by atoms with Gasteiger partial charge in [-0.15, -0.1) is 0 Å². The first-order valence-corrected chi connectivity index (χ1v) is 6.01. The van der Waals surface area contributed by atoms with Crippen LogP contribution in [-0.4, -0.2) is 59.4 Å². The number of carbonyl (C=O) groups is 1. The lowest BCUT2D eigenvalue weighted by molar-refractivity contribution is -0.133. The van der Waals surface area contributed by atoms with Crippen molar-refractivity contribution < 1.29 is 23.0 Å². The van der Waals surface area contributed by atoms with Crippen molar-refractivity contribution in [2.75, 3.05) is 32.8 Å². The summed E-state index contributed by atoms with van der Waals surface area (Å²) in [5.41, 5.74) is 0.184. The maximum Gasteiger partial charge on any atom is 0.359 e. The van der Waals surface area contributed by atoms with E-state index in [2.05, 4.69) is 5.10 Å². The minimum Gasteiger partial charge on any atom is -0.476 e. The molecule has 2 aliphatic rings. The number of ether oxygens (including phenoxy) is 2. The van der Waals surface area contributed by atoms with Crippen molar-refractivity contribution in [3.05, 3.63) is 11.8 Å². The van der Waals surface area contributed by atoms with Gasteiger partial charge in [-0.25, -0.2) is 18.3 Å². The molecule has 3 heterocycles. The molecule has 19 heavy (non-hydrogen) atoms. The van der Waals surface area contributed by atoms with E-state index < -0.39 is 11.9 Å². The molecule has 0 N–H and O–H groups in total. The van der Waals surface area contributed by atoms with Gasteiger partial charge in [-0.05, 0) is 0 Å². The van der Waals surface area contributed by atoms with E-state index in [-0.39, 0.29) is 25.4 Å². The zero-order valence-corrected chi connectivity index (χ0v) is 10.1. The van der Waals surface area contributed by atoms with Crippen molar-refractivity contribution in [1.29, 1.82) is 0 Å². The highest BCUT2D eigenvalue weighted by Crippen LogP contribution is 2.25. The summed E-state index contributed by atoms with van der Waals surface area (Å²) in [5, 5.41) is 4.03. The zero-order chi connectivity index (χ0) is 13.5. The van der Waals surface area contributed by atoms with Gasteiger partial charge in [-0.1, -0.05) is 0 Å². The van der Waals surface area contributed by atoms with Gasteiger partial charge in [-0.3, -0.25) is 4.90 Å². The van der Waals surface area contributed by atoms with Crippen molar-refractivity contribution >= 4 is 5.97 Å². The Morgan fingerprint density at radius 2 is 2.32 bits per heavy atom. The van der Waals surface area contributed by atoms with Gasteiger partial charge in [-0.2, -0.15) is 5.10 Å². The van der Waals surface area contributed by atoms with Gasteiger partial charge in [0.1, 0.15) is 13.2 Å². The number of carbonyl (C=O) groups excluding carboxylic acids is 1. The second kappa shape index (κ2) is 4.44. The lowest BCUT2D eigenvalue weighted by Gasteiger charge is -2.38. The summed E-state index contributed by atoms with van der Waals surface area (Å²) in [6.45, 7) is 1.03. The van der Waals surface area contributed by atoms with E-state index in [0.717, 1.165) is 0 Å². The zero-order valence-electron chi connectivity index (χ0n) is 10.1. The maximum atomic E-state index is 12.6. The summed E-state index contributed by atoms with van der Waals surface area (Å²) in [4.78, 5) is 13.2. The fraction of sp³-hybridized carbons (Fsp3) is 0.636. The quantitative estimate of drug-likeness (QED) is 0.742. The molecule has 1 aromatic heterocycles. The summed E-state index contributed by atoms with van der Waals surface area (Å²) in [7, 11) is 0. The summed E-state index contributed by atoms with van der Waals surface area (Å²) in [6, 6.07) is 1.52. The van der Waals surface area contributed by atoms with Crippen LogP contribution in [0.3, 0.4) is 0 Å². The van der Waals surface area contributed by atoms with Crippen LogP contribution < -0.4 is 4.74 Å². The monoisotopic (exact) mass is 273 g/mol. The lowest BCUT2D eigenvalue weighted by Crippen LogP contribution is -2.56. The van der Waals surface area contributed by atoms with Gasteiger partial charge in [0.15, 0.2) is 5.69 Å². The molecule has 2 aliphatic heterocycles. The first kappa shape index (κ1) is 12.3. The third kappa shape index (κ3) is 2.53. The Balaban J connectivity index is 1.44. The number of halogens is 2. The number of likely N-dealkylation sites (tertiary alicyclic amines) is 1. The van der Waals surface area contributed by atoms with Crippen molar-refractivity contribution in [2.24, 2.45) is 0 Å². The molecule has 1 aromatic rings. The topological polar surface area (TPSA) is 56.6 Å². The fourth-order valence-electron chi connectivity index (χ4n) is 2.12. The number of hydrogen-bond acceptors (Lipinski definition) is 5. The molecule has 3 rings (SSSR count). The fourth-order valence-corrected chi connectivity index (χ4v) is 2.12. The van der Waals surface area contributed by atoms with Crippen LogP contribution >= 0.6 is 0 Å². The third-order valence-electron chi connectivity index (χ3n) is 3.06. The maximum absolute atomic E-state index is 12.6. The van der Waals surface area contributed by atoms with Gasteiger partial charge in [0.25, 0.3) is 5.92 Å². The Kier molecular flexibility index (Phi) is 2.89. The van der Waals surface area contributed by atoms with Gasteiger partial charge < -0.3 is 9.47 Å². The summed E-state index contributed by atoms with van der Waals surface area (Å²) < 4.78 is 36.9. The van der Waals surface area contributed by atoms with Crippen LogP contribution in [0.5, 0.6) is 5.88 Å². The molecule has 0 unspecified atom stereocenters. The molecule has 0 spiro atoms. The Morgan fingerprint density at radius 1 is 1.53 bits per heavy atom. The lowest BCUT2D eigenvalue weighted by atomic mass is 10.1. The van der Waals surface area contributed by atoms with Gasteiger partial charge in [0.2, 0.25) is 5.88 Å². The predicted molar refractivity (Wildman–Crippen MR) is 59.4 cm³/mol. The van der Waals surface area contributed by atoms with Crippen molar-refractivity contribution in [3.63, 3.8) is 0 Å². The van der Waals surface area contributed by atoms with Gasteiger partial charge in [0, 0.05) is 12.6 Å². The molecular formula is C11H13F2N3O3. The second-order valence-corrected chi connectivity index (χ2v) is 4.64. The molecule has 0 bridgehead atoms. The van der Waals surface area contributed by atoms with E-state index in [0.29, 0.717) is 25.6 Å². The minimum absolute atomic E-state index is 0.0813. The molecule has 0 aromatic carbocycles. The number of hydrogen-bond donors (Lipinski definition) is 0. The molecule has 8 heteroatoms. The number of nitrogens with zero attached hydrogens (tertiary/aromatic N) is 3. The standard InChI is InChI=1S/C11H13F2N3O3/c12-11(13)6-15(7-11)1-3-19-10(17)8-5-9-16(14-8)2-4-18-9/h5H,1-4,6-7H2. The summed E-state index contributed by atoms with van der Waals surface area (Å²) in [6.07, 6.45) is 0. The molecule has 0 aliphatic carbocycles. The van der Waals surface area contributed by atoms with E-state index in [1.807, 2.05) is 0 Å². The van der Waals surface area contributed by atoms with Crippen molar-refractivity contribution in [3.8, 4) is 5.88 Å². The first-order chi connectivity index (χ1) is 9.03. The molecule has 6 nitrogen and oxygen atoms in total. The average Bonchev–Trinajstić information content (AvgIpc) is 2.85. The predicted octanol–water partition coefficient (Wildman–Crippen LogP) is 0.383. The van der Waals surface area contributed by atoms with Crippen LogP contribution in [0.15, 0.2) is 6.07 Å². The average molecular weight is 273 g/mol. The number of alkyl halides is 2. The smallest absolute Gasteiger partial charge is 0.359 e. The second-order valence-electron chi connectivity index (χ2n) is 4.64. The highest BCUT2D eigenvalue weighted by molar-refractivity contribution is 5.87. The molecular weight excluding hydrogens is 260 g/mol. The van der Waals surface area contributed by atoms with E-state index in [1.165, 1.54) is 11.0 Å². The van der Waals surface area contributed by atoms with Crippen LogP contribution in [-0.2, 0) is 11.3 Å². The van der Waals surface area contributed by atoms with E-state index >= 15 is 0 Å². The van der Waals surface area contributed by atoms with Crippen molar-refractivity contribution in [1.82, 2.24) is 14.7 Å². The number of aromatic nitrogens is 2. The van der Waals surface area contributed by atoms with Gasteiger partial charge >= 0.3 is 5.97 Å². The van der Waals surface area contributed by atoms with Crippen LogP contribution in [0.1, 0.15) is 10.5 Å². The molecule has 1 fully saturated rings. The summed E-state index contributed by atoms with van der Waals surface area (Å²) in [5.74, 6) is -2.60. The van der Waals surface area contributed by atoms with Crippen LogP contribution in [0, 0.1) is 0 Å². The molecule has 104 valence electrons. The minimum atomic E-state index is -2.59. The molecule has 0 atom stereocenters. The Labute approximate surface area is 107 Å². The van der Waals surface area contributed by atoms with Gasteiger partial charge in [0.05, 0.1) is 19.6 Å². The SMILES string of the molecule is O=C(OCCN1CC(F)(F)C1)c1cc2n(n1)CCO2. The summed E-state index contributed by atoms with van der Waals surface area (Å²) >= 11 is 0. The first-order valence-electron chi connectivity index (χ1n) is 6.01. The number of esters is 1. The molecule has 0 radical (unpaired) electrons. The normalized spacial score (nSPS) is 20.5. The van der Waals surface area contributed by atoms with E-state index in [4.69, 9.17) is 9.47 Å². The Hall–Kier alpha value is -1.70. The highest BCUT2D eigenvalue weighted by Gasteiger charge is 2.43. The van der Waals surface area contributed by atoms with E-state index in [1.54, 1.807) is 4.68 Å². The van der Waals surface area contributed by atoms with Crippen molar-refractivity contribution in [2.45, 2.75) is 12.5 Å². The van der Waals surface area contributed by atoms with Crippen LogP contribution in [0.2, 0.25) is 0 Å². The number of rotatable bonds is 4. The molecule has 0 saturated carbocycles. The third-order valence-corrected chi connectivity index (χ3v) is 3.06. The van der Waals surface area contributed by atoms with E-state index in [9.17, 15) is 13.6 Å². The van der Waals surface area contributed by atoms with Crippen LogP contribution in [0.25, 0.3) is 0 Å². The molecule has 1 saturated heterocycles. The Bertz CT molecular complexity index is 474.